The van der Waals surface area contributed by atoms with E-state index in [9.17, 15) is 4.79 Å². The van der Waals surface area contributed by atoms with Crippen LogP contribution in [-0.4, -0.2) is 33.9 Å². The van der Waals surface area contributed by atoms with E-state index in [2.05, 4.69) is 35.3 Å². The summed E-state index contributed by atoms with van der Waals surface area (Å²) in [6, 6.07) is 21.8. The van der Waals surface area contributed by atoms with Crippen LogP contribution in [-0.2, 0) is 6.42 Å². The van der Waals surface area contributed by atoms with Crippen LogP contribution in [0.25, 0.3) is 22.2 Å². The van der Waals surface area contributed by atoms with Crippen molar-refractivity contribution < 1.29 is 4.79 Å². The molecule has 2 aromatic heterocycles. The van der Waals surface area contributed by atoms with E-state index in [1.54, 1.807) is 12.4 Å². The molecule has 5 heteroatoms. The van der Waals surface area contributed by atoms with Gasteiger partial charge in [-0.2, -0.15) is 0 Å². The third-order valence-electron chi connectivity index (χ3n) is 6.23. The van der Waals surface area contributed by atoms with Crippen LogP contribution in [0.1, 0.15) is 28.8 Å². The number of halogens is 1. The highest BCUT2D eigenvalue weighted by molar-refractivity contribution is 6.31. The number of amides is 1. The van der Waals surface area contributed by atoms with Gasteiger partial charge >= 0.3 is 0 Å². The van der Waals surface area contributed by atoms with Gasteiger partial charge in [0.15, 0.2) is 0 Å². The zero-order chi connectivity index (χ0) is 21.9. The fraction of sp³-hybridized carbons (Fsp3) is 0.222. The second-order valence-electron chi connectivity index (χ2n) is 8.38. The molecule has 4 nitrogen and oxygen atoms in total. The third kappa shape index (κ3) is 4.37. The Hall–Kier alpha value is -3.24. The minimum absolute atomic E-state index is 0.0444. The summed E-state index contributed by atoms with van der Waals surface area (Å²) in [6.07, 6.45) is 6.60. The van der Waals surface area contributed by atoms with Crippen molar-refractivity contribution in [2.24, 2.45) is 5.92 Å². The highest BCUT2D eigenvalue weighted by Crippen LogP contribution is 2.29. The zero-order valence-electron chi connectivity index (χ0n) is 17.7. The van der Waals surface area contributed by atoms with Crippen LogP contribution in [0.2, 0.25) is 5.02 Å². The third-order valence-corrected chi connectivity index (χ3v) is 6.46. The molecule has 0 N–H and O–H groups in total. The maximum atomic E-state index is 13.6. The molecule has 5 rings (SSSR count). The van der Waals surface area contributed by atoms with Gasteiger partial charge in [0, 0.05) is 41.5 Å². The molecule has 1 saturated heterocycles. The number of aromatic nitrogens is 2. The molecule has 1 amide bonds. The van der Waals surface area contributed by atoms with Crippen molar-refractivity contribution in [3.63, 3.8) is 0 Å². The molecule has 0 spiro atoms. The quantitative estimate of drug-likeness (QED) is 0.387. The molecular formula is C27H24ClN3O. The van der Waals surface area contributed by atoms with Gasteiger partial charge in [0.05, 0.1) is 16.8 Å². The topological polar surface area (TPSA) is 46.1 Å². The lowest BCUT2D eigenvalue weighted by molar-refractivity contribution is 0.0692. The SMILES string of the molecule is O=C(c1cc(-c2cccnc2)nc2ccc(Cl)cc12)N1CCC(Cc2ccccc2)CC1. The number of hydrogen-bond acceptors (Lipinski definition) is 3. The Bertz CT molecular complexity index is 1240. The summed E-state index contributed by atoms with van der Waals surface area (Å²) in [7, 11) is 0. The van der Waals surface area contributed by atoms with Crippen LogP contribution in [0.4, 0.5) is 0 Å². The first kappa shape index (κ1) is 20.7. The number of hydrogen-bond donors (Lipinski definition) is 0. The molecule has 1 fully saturated rings. The Morgan fingerprint density at radius 3 is 2.56 bits per heavy atom. The average Bonchev–Trinajstić information content (AvgIpc) is 2.85. The van der Waals surface area contributed by atoms with Crippen molar-refractivity contribution in [1.29, 1.82) is 0 Å². The summed E-state index contributed by atoms with van der Waals surface area (Å²) in [4.78, 5) is 24.6. The number of carbonyl (C=O) groups excluding carboxylic acids is 1. The maximum Gasteiger partial charge on any atom is 0.254 e. The predicted octanol–water partition coefficient (Wildman–Crippen LogP) is 6.05. The lowest BCUT2D eigenvalue weighted by Gasteiger charge is -2.32. The molecule has 0 bridgehead atoms. The molecular weight excluding hydrogens is 418 g/mol. The molecule has 3 heterocycles. The number of pyridine rings is 2. The first-order valence-electron chi connectivity index (χ1n) is 11.0. The van der Waals surface area contributed by atoms with E-state index in [1.807, 2.05) is 41.3 Å². The van der Waals surface area contributed by atoms with Gasteiger partial charge in [-0.1, -0.05) is 41.9 Å². The molecule has 0 atom stereocenters. The largest absolute Gasteiger partial charge is 0.339 e. The van der Waals surface area contributed by atoms with Crippen LogP contribution in [0.3, 0.4) is 0 Å². The van der Waals surface area contributed by atoms with E-state index in [-0.39, 0.29) is 5.91 Å². The Morgan fingerprint density at radius 2 is 1.81 bits per heavy atom. The standard InChI is InChI=1S/C27H24ClN3O/c28-22-8-9-25-23(16-22)24(17-26(30-25)21-7-4-12-29-18-21)27(32)31-13-10-20(11-14-31)15-19-5-2-1-3-6-19/h1-9,12,16-18,20H,10-11,13-15H2. The molecule has 2 aromatic carbocycles. The summed E-state index contributed by atoms with van der Waals surface area (Å²) < 4.78 is 0. The normalized spacial score (nSPS) is 14.6. The van der Waals surface area contributed by atoms with Gasteiger partial charge in [0.25, 0.3) is 5.91 Å². The number of fused-ring (bicyclic) bond motifs is 1. The minimum atomic E-state index is 0.0444. The minimum Gasteiger partial charge on any atom is -0.339 e. The van der Waals surface area contributed by atoms with Crippen LogP contribution in [0.5, 0.6) is 0 Å². The summed E-state index contributed by atoms with van der Waals surface area (Å²) >= 11 is 6.27. The highest BCUT2D eigenvalue weighted by atomic mass is 35.5. The average molecular weight is 442 g/mol. The van der Waals surface area contributed by atoms with Crippen LogP contribution in [0, 0.1) is 5.92 Å². The Balaban J connectivity index is 1.41. The van der Waals surface area contributed by atoms with Crippen molar-refractivity contribution in [1.82, 2.24) is 14.9 Å². The second-order valence-corrected chi connectivity index (χ2v) is 8.82. The maximum absolute atomic E-state index is 13.6. The van der Waals surface area contributed by atoms with Gasteiger partial charge in [-0.15, -0.1) is 0 Å². The Kier molecular flexibility index (Phi) is 5.87. The summed E-state index contributed by atoms with van der Waals surface area (Å²) in [5.41, 5.74) is 4.42. The van der Waals surface area contributed by atoms with E-state index in [1.165, 1.54) is 5.56 Å². The van der Waals surface area contributed by atoms with E-state index in [0.717, 1.165) is 54.5 Å². The summed E-state index contributed by atoms with van der Waals surface area (Å²) in [5, 5.41) is 1.39. The molecule has 4 aromatic rings. The molecule has 1 aliphatic heterocycles. The molecule has 0 unspecified atom stereocenters. The van der Waals surface area contributed by atoms with Crippen molar-refractivity contribution in [2.75, 3.05) is 13.1 Å². The van der Waals surface area contributed by atoms with Gasteiger partial charge in [-0.05, 0) is 67.1 Å². The number of carbonyl (C=O) groups is 1. The van der Waals surface area contributed by atoms with E-state index in [4.69, 9.17) is 16.6 Å². The Labute approximate surface area is 192 Å². The van der Waals surface area contributed by atoms with Crippen molar-refractivity contribution in [3.8, 4) is 11.3 Å². The molecule has 1 aliphatic rings. The van der Waals surface area contributed by atoms with Gasteiger partial charge in [-0.25, -0.2) is 4.98 Å². The molecule has 0 aliphatic carbocycles. The van der Waals surface area contributed by atoms with Gasteiger partial charge < -0.3 is 4.90 Å². The van der Waals surface area contributed by atoms with E-state index in [0.29, 0.717) is 16.5 Å². The second kappa shape index (κ2) is 9.09. The molecule has 0 radical (unpaired) electrons. The molecule has 0 saturated carbocycles. The Morgan fingerprint density at radius 1 is 1.00 bits per heavy atom. The fourth-order valence-corrected chi connectivity index (χ4v) is 4.67. The van der Waals surface area contributed by atoms with Crippen molar-refractivity contribution in [3.05, 3.63) is 95.3 Å². The van der Waals surface area contributed by atoms with Gasteiger partial charge in [0.1, 0.15) is 0 Å². The lowest BCUT2D eigenvalue weighted by Crippen LogP contribution is -2.39. The predicted molar refractivity (Wildman–Crippen MR) is 129 cm³/mol. The monoisotopic (exact) mass is 441 g/mol. The summed E-state index contributed by atoms with van der Waals surface area (Å²) in [5.74, 6) is 0.652. The van der Waals surface area contributed by atoms with E-state index < -0.39 is 0 Å². The van der Waals surface area contributed by atoms with Gasteiger partial charge in [0.2, 0.25) is 0 Å². The highest BCUT2D eigenvalue weighted by Gasteiger charge is 2.25. The first-order chi connectivity index (χ1) is 15.7. The zero-order valence-corrected chi connectivity index (χ0v) is 18.5. The smallest absolute Gasteiger partial charge is 0.254 e. The first-order valence-corrected chi connectivity index (χ1v) is 11.4. The lowest BCUT2D eigenvalue weighted by atomic mass is 9.90. The molecule has 32 heavy (non-hydrogen) atoms. The van der Waals surface area contributed by atoms with Crippen LogP contribution in [0.15, 0.2) is 79.1 Å². The van der Waals surface area contributed by atoms with Crippen LogP contribution >= 0.6 is 11.6 Å². The van der Waals surface area contributed by atoms with Crippen molar-refractivity contribution >= 4 is 28.4 Å². The molecule has 160 valence electrons. The number of nitrogens with zero attached hydrogens (tertiary/aromatic N) is 3. The number of rotatable bonds is 4. The van der Waals surface area contributed by atoms with Gasteiger partial charge in [-0.3, -0.25) is 9.78 Å². The summed E-state index contributed by atoms with van der Waals surface area (Å²) in [6.45, 7) is 1.53. The van der Waals surface area contributed by atoms with Crippen molar-refractivity contribution in [2.45, 2.75) is 19.3 Å². The van der Waals surface area contributed by atoms with Crippen LogP contribution < -0.4 is 0 Å². The number of likely N-dealkylation sites (tertiary alicyclic amines) is 1. The van der Waals surface area contributed by atoms with E-state index >= 15 is 0 Å². The number of piperidine rings is 1. The number of benzene rings is 2. The fourth-order valence-electron chi connectivity index (χ4n) is 4.50.